The molecule has 0 aliphatic rings. The number of aryl methyl sites for hydroxylation is 1. The highest BCUT2D eigenvalue weighted by Crippen LogP contribution is 2.24. The first kappa shape index (κ1) is 15.2. The molecule has 0 aliphatic carbocycles. The summed E-state index contributed by atoms with van der Waals surface area (Å²) in [5.74, 6) is -0.394. The molecular weight excluding hydrogens is 387 g/mol. The highest BCUT2D eigenvalue weighted by Gasteiger charge is 2.31. The Morgan fingerprint density at radius 3 is 2.10 bits per heavy atom. The maximum atomic E-state index is 12.4. The van der Waals surface area contributed by atoms with E-state index in [0.717, 1.165) is 5.56 Å². The van der Waals surface area contributed by atoms with Crippen molar-refractivity contribution in [2.45, 2.75) is 15.1 Å². The molecule has 2 aromatic rings. The summed E-state index contributed by atoms with van der Waals surface area (Å²) in [6.07, 6.45) is 0. The second kappa shape index (κ2) is 6.05. The Morgan fingerprint density at radius 1 is 1.00 bits per heavy atom. The van der Waals surface area contributed by atoms with Crippen molar-refractivity contribution in [2.75, 3.05) is 0 Å². The molecule has 2 rings (SSSR count). The van der Waals surface area contributed by atoms with E-state index in [2.05, 4.69) is 0 Å². The highest BCUT2D eigenvalue weighted by molar-refractivity contribution is 14.1. The van der Waals surface area contributed by atoms with Crippen LogP contribution in [0.3, 0.4) is 0 Å². The van der Waals surface area contributed by atoms with Gasteiger partial charge < -0.3 is 0 Å². The Hall–Kier alpha value is -1.21. The second-order valence-corrected chi connectivity index (χ2v) is 8.53. The predicted molar refractivity (Wildman–Crippen MR) is 86.9 cm³/mol. The molecule has 20 heavy (non-hydrogen) atoms. The summed E-state index contributed by atoms with van der Waals surface area (Å²) < 4.78 is 23.7. The van der Waals surface area contributed by atoms with Crippen LogP contribution in [-0.2, 0) is 9.84 Å². The Kier molecular flexibility index (Phi) is 4.59. The molecule has 1 atom stereocenters. The summed E-state index contributed by atoms with van der Waals surface area (Å²) >= 11 is 1.69. The third-order valence-corrected chi connectivity index (χ3v) is 7.15. The van der Waals surface area contributed by atoms with Gasteiger partial charge in [-0.15, -0.1) is 0 Å². The summed E-state index contributed by atoms with van der Waals surface area (Å²) in [5, 5.41) is 0. The van der Waals surface area contributed by atoms with Crippen LogP contribution < -0.4 is 0 Å². The van der Waals surface area contributed by atoms with Crippen molar-refractivity contribution in [2.24, 2.45) is 0 Å². The number of carbonyl (C=O) groups excluding carboxylic acids is 1. The molecule has 0 bridgehead atoms. The average Bonchev–Trinajstić information content (AvgIpc) is 2.47. The summed E-state index contributed by atoms with van der Waals surface area (Å²) in [6.45, 7) is 1.91. The van der Waals surface area contributed by atoms with Crippen molar-refractivity contribution in [1.82, 2.24) is 0 Å². The zero-order chi connectivity index (χ0) is 14.8. The minimum atomic E-state index is -3.66. The number of Topliss-reactive ketones (excluding diaryl/α,β-unsaturated/α-hetero) is 1. The fourth-order valence-electron chi connectivity index (χ4n) is 1.72. The number of carbonyl (C=O) groups is 1. The molecule has 104 valence electrons. The van der Waals surface area contributed by atoms with Crippen molar-refractivity contribution in [1.29, 1.82) is 0 Å². The van der Waals surface area contributed by atoms with Gasteiger partial charge in [-0.25, -0.2) is 8.42 Å². The van der Waals surface area contributed by atoms with Crippen LogP contribution in [0.5, 0.6) is 0 Å². The zero-order valence-electron chi connectivity index (χ0n) is 10.8. The number of benzene rings is 2. The van der Waals surface area contributed by atoms with Crippen molar-refractivity contribution < 1.29 is 13.2 Å². The summed E-state index contributed by atoms with van der Waals surface area (Å²) in [5.41, 5.74) is 1.44. The average molecular weight is 400 g/mol. The third-order valence-electron chi connectivity index (χ3n) is 2.89. The first-order valence-corrected chi connectivity index (χ1v) is 8.76. The van der Waals surface area contributed by atoms with Crippen molar-refractivity contribution in [3.63, 3.8) is 0 Å². The molecule has 0 heterocycles. The topological polar surface area (TPSA) is 51.2 Å². The molecule has 0 aliphatic heterocycles. The summed E-state index contributed by atoms with van der Waals surface area (Å²) in [7, 11) is -3.66. The zero-order valence-corrected chi connectivity index (χ0v) is 13.8. The minimum Gasteiger partial charge on any atom is -0.292 e. The van der Waals surface area contributed by atoms with Crippen LogP contribution in [0.4, 0.5) is 0 Å². The van der Waals surface area contributed by atoms with E-state index >= 15 is 0 Å². The molecule has 0 spiro atoms. The van der Waals surface area contributed by atoms with Crippen molar-refractivity contribution in [3.05, 3.63) is 65.7 Å². The molecule has 1 unspecified atom stereocenters. The highest BCUT2D eigenvalue weighted by atomic mass is 127. The van der Waals surface area contributed by atoms with E-state index in [9.17, 15) is 13.2 Å². The molecule has 0 N–H and O–H groups in total. The number of hydrogen-bond acceptors (Lipinski definition) is 3. The lowest BCUT2D eigenvalue weighted by molar-refractivity contribution is 0.101. The van der Waals surface area contributed by atoms with E-state index in [4.69, 9.17) is 0 Å². The normalized spacial score (nSPS) is 12.9. The summed E-state index contributed by atoms with van der Waals surface area (Å²) in [4.78, 5) is 12.5. The molecule has 0 fully saturated rings. The van der Waals surface area contributed by atoms with E-state index in [1.807, 2.05) is 6.92 Å². The van der Waals surface area contributed by atoms with Crippen LogP contribution in [0.15, 0.2) is 59.5 Å². The van der Waals surface area contributed by atoms with Gasteiger partial charge in [0.1, 0.15) is 0 Å². The number of rotatable bonds is 4. The van der Waals surface area contributed by atoms with E-state index < -0.39 is 18.9 Å². The van der Waals surface area contributed by atoms with Gasteiger partial charge in [-0.3, -0.25) is 4.79 Å². The van der Waals surface area contributed by atoms with Crippen LogP contribution >= 0.6 is 22.6 Å². The van der Waals surface area contributed by atoms with Crippen LogP contribution in [0, 0.1) is 6.92 Å². The van der Waals surface area contributed by atoms with Gasteiger partial charge in [-0.2, -0.15) is 0 Å². The number of ketones is 1. The lowest BCUT2D eigenvalue weighted by atomic mass is 10.1. The first-order chi connectivity index (χ1) is 9.43. The fraction of sp³-hybridized carbons (Fsp3) is 0.133. The van der Waals surface area contributed by atoms with Crippen LogP contribution in [0.25, 0.3) is 0 Å². The van der Waals surface area contributed by atoms with Crippen LogP contribution in [0.2, 0.25) is 0 Å². The Morgan fingerprint density at radius 2 is 1.55 bits per heavy atom. The maximum Gasteiger partial charge on any atom is 0.197 e. The van der Waals surface area contributed by atoms with Crippen LogP contribution in [-0.4, -0.2) is 17.5 Å². The molecule has 0 saturated heterocycles. The Balaban J connectivity index is 2.33. The Labute approximate surface area is 132 Å². The molecular formula is C15H13IO3S. The number of sulfone groups is 1. The van der Waals surface area contributed by atoms with E-state index in [-0.39, 0.29) is 4.90 Å². The van der Waals surface area contributed by atoms with Crippen molar-refractivity contribution >= 4 is 38.2 Å². The molecule has 0 saturated carbocycles. The quantitative estimate of drug-likeness (QED) is 0.449. The van der Waals surface area contributed by atoms with Gasteiger partial charge in [0.2, 0.25) is 0 Å². The van der Waals surface area contributed by atoms with Gasteiger partial charge in [0.05, 0.1) is 4.90 Å². The standard InChI is InChI=1S/C15H13IO3S/c1-11-7-9-12(10-8-11)14(17)15(16)20(18,19)13-5-3-2-4-6-13/h2-10,15H,1H3. The number of alkyl halides is 1. The smallest absolute Gasteiger partial charge is 0.197 e. The third kappa shape index (κ3) is 3.09. The van der Waals surface area contributed by atoms with Gasteiger partial charge in [-0.05, 0) is 19.1 Å². The molecule has 0 amide bonds. The molecule has 2 aromatic carbocycles. The van der Waals surface area contributed by atoms with Crippen molar-refractivity contribution in [3.8, 4) is 0 Å². The number of halogens is 1. The fourth-order valence-corrected chi connectivity index (χ4v) is 4.15. The van der Waals surface area contributed by atoms with E-state index in [1.54, 1.807) is 65.1 Å². The van der Waals surface area contributed by atoms with Gasteiger partial charge in [0.25, 0.3) is 0 Å². The van der Waals surface area contributed by atoms with Gasteiger partial charge in [0.15, 0.2) is 18.9 Å². The largest absolute Gasteiger partial charge is 0.292 e. The van der Waals surface area contributed by atoms with E-state index in [1.165, 1.54) is 12.1 Å². The monoisotopic (exact) mass is 400 g/mol. The minimum absolute atomic E-state index is 0.167. The van der Waals surface area contributed by atoms with Crippen LogP contribution in [0.1, 0.15) is 15.9 Å². The van der Waals surface area contributed by atoms with Gasteiger partial charge in [-0.1, -0.05) is 70.6 Å². The SMILES string of the molecule is Cc1ccc(C(=O)C(I)S(=O)(=O)c2ccccc2)cc1. The second-order valence-electron chi connectivity index (χ2n) is 4.40. The predicted octanol–water partition coefficient (Wildman–Crippen LogP) is 3.41. The first-order valence-electron chi connectivity index (χ1n) is 5.97. The molecule has 5 heteroatoms. The molecule has 0 aromatic heterocycles. The van der Waals surface area contributed by atoms with E-state index in [0.29, 0.717) is 5.56 Å². The van der Waals surface area contributed by atoms with Gasteiger partial charge in [0, 0.05) is 5.56 Å². The molecule has 0 radical (unpaired) electrons. The molecule has 3 nitrogen and oxygen atoms in total. The Bertz CT molecular complexity index is 707. The summed E-state index contributed by atoms with van der Waals surface area (Å²) in [6, 6.07) is 14.9. The maximum absolute atomic E-state index is 12.4. The lowest BCUT2D eigenvalue weighted by Crippen LogP contribution is -2.24. The lowest BCUT2D eigenvalue weighted by Gasteiger charge is -2.11. The number of hydrogen-bond donors (Lipinski definition) is 0. The van der Waals surface area contributed by atoms with Gasteiger partial charge >= 0.3 is 0 Å².